The lowest BCUT2D eigenvalue weighted by atomic mass is 10.1. The molecule has 1 atom stereocenters. The molecule has 1 aliphatic carbocycles. The van der Waals surface area contributed by atoms with Gasteiger partial charge in [0.1, 0.15) is 17.8 Å². The highest BCUT2D eigenvalue weighted by atomic mass is 35.5. The molecule has 112 valence electrons. The number of hydrogen-bond acceptors (Lipinski definition) is 3. The lowest BCUT2D eigenvalue weighted by Crippen LogP contribution is -2.26. The summed E-state index contributed by atoms with van der Waals surface area (Å²) in [5.41, 5.74) is 7.85. The van der Waals surface area contributed by atoms with Gasteiger partial charge in [-0.3, -0.25) is 4.79 Å². The van der Waals surface area contributed by atoms with Crippen LogP contribution < -0.4 is 11.1 Å². The van der Waals surface area contributed by atoms with E-state index < -0.39 is 0 Å². The lowest BCUT2D eigenvalue weighted by Gasteiger charge is -2.13. The van der Waals surface area contributed by atoms with Crippen molar-refractivity contribution in [1.82, 2.24) is 5.32 Å². The smallest absolute Gasteiger partial charge is 0.255 e. The van der Waals surface area contributed by atoms with Crippen LogP contribution in [0.3, 0.4) is 0 Å². The van der Waals surface area contributed by atoms with E-state index in [2.05, 4.69) is 5.32 Å². The van der Waals surface area contributed by atoms with E-state index in [9.17, 15) is 9.18 Å². The topological polar surface area (TPSA) is 68.3 Å². The highest BCUT2D eigenvalue weighted by Crippen LogP contribution is 2.31. The fourth-order valence-corrected chi connectivity index (χ4v) is 2.58. The molecule has 2 aromatic rings. The van der Waals surface area contributed by atoms with Gasteiger partial charge in [0.05, 0.1) is 18.2 Å². The van der Waals surface area contributed by atoms with Crippen LogP contribution in [-0.2, 0) is 13.0 Å². The monoisotopic (exact) mass is 310 g/mol. The van der Waals surface area contributed by atoms with Crippen molar-refractivity contribution in [2.45, 2.75) is 25.4 Å². The van der Waals surface area contributed by atoms with Crippen molar-refractivity contribution in [3.05, 3.63) is 58.8 Å². The Morgan fingerprint density at radius 1 is 1.43 bits per heavy atom. The zero-order valence-corrected chi connectivity index (χ0v) is 12.1. The number of benzene rings is 1. The zero-order chi connectivity index (χ0) is 14.1. The number of furan rings is 1. The van der Waals surface area contributed by atoms with E-state index >= 15 is 0 Å². The Labute approximate surface area is 127 Å². The maximum Gasteiger partial charge on any atom is 0.255 e. The van der Waals surface area contributed by atoms with Gasteiger partial charge < -0.3 is 15.5 Å². The number of aryl methyl sites for hydroxylation is 1. The van der Waals surface area contributed by atoms with Gasteiger partial charge in [0, 0.05) is 0 Å². The van der Waals surface area contributed by atoms with Crippen LogP contribution in [0.2, 0.25) is 0 Å². The summed E-state index contributed by atoms with van der Waals surface area (Å²) in [4.78, 5) is 12.1. The van der Waals surface area contributed by atoms with E-state index in [1.54, 1.807) is 12.1 Å². The van der Waals surface area contributed by atoms with E-state index in [1.165, 1.54) is 18.4 Å². The van der Waals surface area contributed by atoms with Crippen molar-refractivity contribution in [2.75, 3.05) is 0 Å². The third-order valence-electron chi connectivity index (χ3n) is 3.61. The lowest BCUT2D eigenvalue weighted by molar-refractivity contribution is 0.0936. The molecule has 1 amide bonds. The summed E-state index contributed by atoms with van der Waals surface area (Å²) in [5, 5.41) is 2.95. The summed E-state index contributed by atoms with van der Waals surface area (Å²) in [7, 11) is 0. The van der Waals surface area contributed by atoms with Crippen molar-refractivity contribution < 1.29 is 13.6 Å². The van der Waals surface area contributed by atoms with Gasteiger partial charge in [-0.05, 0) is 42.2 Å². The van der Waals surface area contributed by atoms with E-state index in [0.29, 0.717) is 11.3 Å². The second kappa shape index (κ2) is 6.28. The molecule has 1 aromatic heterocycles. The molecule has 0 radical (unpaired) electrons. The standard InChI is InChI=1S/C15H15FN2O2.ClH/c16-11-2-3-13-9(5-11)1-4-14(13)18-15(19)10-6-12(7-17)20-8-10;/h2-3,5-6,8,14H,1,4,7,17H2,(H,18,19);1H. The first-order valence-electron chi connectivity index (χ1n) is 6.54. The van der Waals surface area contributed by atoms with Crippen LogP contribution in [0.15, 0.2) is 34.9 Å². The Hall–Kier alpha value is -1.85. The number of halogens is 2. The number of nitrogens with one attached hydrogen (secondary N) is 1. The second-order valence-corrected chi connectivity index (χ2v) is 4.91. The number of rotatable bonds is 3. The summed E-state index contributed by atoms with van der Waals surface area (Å²) in [6, 6.07) is 6.26. The van der Waals surface area contributed by atoms with Crippen LogP contribution in [0.25, 0.3) is 0 Å². The highest BCUT2D eigenvalue weighted by Gasteiger charge is 2.25. The van der Waals surface area contributed by atoms with E-state index in [0.717, 1.165) is 24.0 Å². The van der Waals surface area contributed by atoms with Crippen molar-refractivity contribution in [3.63, 3.8) is 0 Å². The van der Waals surface area contributed by atoms with Crippen molar-refractivity contribution >= 4 is 18.3 Å². The second-order valence-electron chi connectivity index (χ2n) is 4.91. The maximum absolute atomic E-state index is 13.1. The molecule has 0 saturated carbocycles. The predicted molar refractivity (Wildman–Crippen MR) is 78.8 cm³/mol. The van der Waals surface area contributed by atoms with E-state index in [1.807, 2.05) is 0 Å². The first kappa shape index (κ1) is 15.5. The Bertz CT molecular complexity index is 657. The van der Waals surface area contributed by atoms with Gasteiger partial charge in [-0.2, -0.15) is 0 Å². The normalized spacial score (nSPS) is 16.2. The van der Waals surface area contributed by atoms with Gasteiger partial charge in [-0.25, -0.2) is 4.39 Å². The molecular weight excluding hydrogens is 295 g/mol. The van der Waals surface area contributed by atoms with Crippen LogP contribution in [0.4, 0.5) is 4.39 Å². The zero-order valence-electron chi connectivity index (χ0n) is 11.3. The summed E-state index contributed by atoms with van der Waals surface area (Å²) >= 11 is 0. The van der Waals surface area contributed by atoms with Crippen molar-refractivity contribution in [3.8, 4) is 0 Å². The molecule has 1 aliphatic rings. The fraction of sp³-hybridized carbons (Fsp3) is 0.267. The third kappa shape index (κ3) is 3.09. The molecule has 1 heterocycles. The van der Waals surface area contributed by atoms with Crippen molar-refractivity contribution in [1.29, 1.82) is 0 Å². The minimum absolute atomic E-state index is 0. The van der Waals surface area contributed by atoms with E-state index in [4.69, 9.17) is 10.2 Å². The fourth-order valence-electron chi connectivity index (χ4n) is 2.58. The van der Waals surface area contributed by atoms with E-state index in [-0.39, 0.29) is 36.7 Å². The Morgan fingerprint density at radius 3 is 2.95 bits per heavy atom. The Kier molecular flexibility index (Phi) is 4.65. The molecule has 0 spiro atoms. The van der Waals surface area contributed by atoms with Crippen molar-refractivity contribution in [2.24, 2.45) is 5.73 Å². The quantitative estimate of drug-likeness (QED) is 0.916. The summed E-state index contributed by atoms with van der Waals surface area (Å²) in [6.07, 6.45) is 2.96. The molecule has 0 aliphatic heterocycles. The number of carbonyl (C=O) groups excluding carboxylic acids is 1. The van der Waals surface area contributed by atoms with Crippen LogP contribution in [0, 0.1) is 5.82 Å². The molecule has 21 heavy (non-hydrogen) atoms. The molecule has 0 bridgehead atoms. The van der Waals surface area contributed by atoms with Gasteiger partial charge in [0.2, 0.25) is 0 Å². The molecular formula is C15H16ClFN2O2. The minimum atomic E-state index is -0.238. The highest BCUT2D eigenvalue weighted by molar-refractivity contribution is 5.94. The number of hydrogen-bond donors (Lipinski definition) is 2. The molecule has 3 N–H and O–H groups in total. The number of fused-ring (bicyclic) bond motifs is 1. The molecule has 4 nitrogen and oxygen atoms in total. The third-order valence-corrected chi connectivity index (χ3v) is 3.61. The minimum Gasteiger partial charge on any atom is -0.467 e. The molecule has 1 aromatic carbocycles. The molecule has 3 rings (SSSR count). The van der Waals surface area contributed by atoms with Gasteiger partial charge >= 0.3 is 0 Å². The van der Waals surface area contributed by atoms with Crippen LogP contribution in [-0.4, -0.2) is 5.91 Å². The predicted octanol–water partition coefficient (Wildman–Crippen LogP) is 2.72. The van der Waals surface area contributed by atoms with Gasteiger partial charge in [0.25, 0.3) is 5.91 Å². The van der Waals surface area contributed by atoms with Crippen LogP contribution >= 0.6 is 12.4 Å². The number of carbonyl (C=O) groups is 1. The molecule has 0 saturated heterocycles. The average molecular weight is 311 g/mol. The molecule has 1 unspecified atom stereocenters. The van der Waals surface area contributed by atoms with Crippen LogP contribution in [0.1, 0.15) is 39.7 Å². The first-order chi connectivity index (χ1) is 9.67. The largest absolute Gasteiger partial charge is 0.467 e. The van der Waals surface area contributed by atoms with Crippen LogP contribution in [0.5, 0.6) is 0 Å². The first-order valence-corrected chi connectivity index (χ1v) is 6.54. The summed E-state index contributed by atoms with van der Waals surface area (Å²) < 4.78 is 18.3. The maximum atomic E-state index is 13.1. The SMILES string of the molecule is Cl.NCc1cc(C(=O)NC2CCc3cc(F)ccc32)co1. The number of nitrogens with two attached hydrogens (primary N) is 1. The molecule has 6 heteroatoms. The Balaban J connectivity index is 0.00000161. The molecule has 0 fully saturated rings. The summed E-state index contributed by atoms with van der Waals surface area (Å²) in [6.45, 7) is 0.263. The number of amides is 1. The van der Waals surface area contributed by atoms with Gasteiger partial charge in [-0.15, -0.1) is 12.4 Å². The average Bonchev–Trinajstić information content (AvgIpc) is 3.05. The Morgan fingerprint density at radius 2 is 2.24 bits per heavy atom. The summed E-state index contributed by atoms with van der Waals surface area (Å²) in [5.74, 6) is 0.137. The van der Waals surface area contributed by atoms with Gasteiger partial charge in [0.15, 0.2) is 0 Å². The van der Waals surface area contributed by atoms with Gasteiger partial charge in [-0.1, -0.05) is 6.07 Å².